The molecule has 0 saturated carbocycles. The number of benzene rings is 1. The number of carboxylic acids is 1. The van der Waals surface area contributed by atoms with Gasteiger partial charge in [-0.1, -0.05) is 18.2 Å². The SMILES string of the molecule is Cc1ccccc1NC(=O)CN1CCCC(N(C)CC(=O)O)CC1. The summed E-state index contributed by atoms with van der Waals surface area (Å²) in [5.74, 6) is -0.794. The monoisotopic (exact) mass is 333 g/mol. The minimum Gasteiger partial charge on any atom is -0.480 e. The Morgan fingerprint density at radius 3 is 2.75 bits per heavy atom. The first-order valence-electron chi connectivity index (χ1n) is 8.45. The minimum atomic E-state index is -0.795. The number of amides is 1. The van der Waals surface area contributed by atoms with Crippen molar-refractivity contribution < 1.29 is 14.7 Å². The molecule has 2 rings (SSSR count). The molecule has 0 spiro atoms. The first kappa shape index (κ1) is 18.4. The zero-order valence-corrected chi connectivity index (χ0v) is 14.5. The number of carbonyl (C=O) groups is 2. The Balaban J connectivity index is 1.82. The number of carboxylic acid groups (broad SMARTS) is 1. The maximum Gasteiger partial charge on any atom is 0.317 e. The van der Waals surface area contributed by atoms with E-state index >= 15 is 0 Å². The van der Waals surface area contributed by atoms with Gasteiger partial charge in [-0.05, 0) is 51.4 Å². The third kappa shape index (κ3) is 5.62. The van der Waals surface area contributed by atoms with Crippen LogP contribution in [0.15, 0.2) is 24.3 Å². The molecule has 1 saturated heterocycles. The van der Waals surface area contributed by atoms with Crippen LogP contribution in [0.5, 0.6) is 0 Å². The third-order valence-corrected chi connectivity index (χ3v) is 4.58. The zero-order chi connectivity index (χ0) is 17.5. The van der Waals surface area contributed by atoms with Crippen molar-refractivity contribution in [1.29, 1.82) is 0 Å². The normalized spacial score (nSPS) is 19.0. The molecular weight excluding hydrogens is 306 g/mol. The second-order valence-corrected chi connectivity index (χ2v) is 6.53. The highest BCUT2D eigenvalue weighted by Crippen LogP contribution is 2.16. The number of nitrogens with zero attached hydrogens (tertiary/aromatic N) is 2. The highest BCUT2D eigenvalue weighted by atomic mass is 16.4. The van der Waals surface area contributed by atoms with Gasteiger partial charge >= 0.3 is 5.97 Å². The lowest BCUT2D eigenvalue weighted by molar-refractivity contribution is -0.138. The van der Waals surface area contributed by atoms with E-state index in [2.05, 4.69) is 10.2 Å². The van der Waals surface area contributed by atoms with E-state index in [4.69, 9.17) is 5.11 Å². The molecule has 1 fully saturated rings. The Bertz CT molecular complexity index is 576. The molecule has 0 bridgehead atoms. The van der Waals surface area contributed by atoms with E-state index in [1.807, 2.05) is 43.1 Å². The second kappa shape index (κ2) is 8.80. The van der Waals surface area contributed by atoms with Gasteiger partial charge in [-0.3, -0.25) is 19.4 Å². The van der Waals surface area contributed by atoms with Gasteiger partial charge in [0.05, 0.1) is 13.1 Å². The van der Waals surface area contributed by atoms with Gasteiger partial charge in [0.15, 0.2) is 0 Å². The van der Waals surface area contributed by atoms with Crippen LogP contribution in [0.1, 0.15) is 24.8 Å². The first-order valence-corrected chi connectivity index (χ1v) is 8.45. The summed E-state index contributed by atoms with van der Waals surface area (Å²) in [4.78, 5) is 27.2. The lowest BCUT2D eigenvalue weighted by Gasteiger charge is -2.25. The molecule has 6 heteroatoms. The fraction of sp³-hybridized carbons (Fsp3) is 0.556. The van der Waals surface area contributed by atoms with E-state index in [0.29, 0.717) is 6.54 Å². The second-order valence-electron chi connectivity index (χ2n) is 6.53. The Kier molecular flexibility index (Phi) is 6.75. The molecule has 6 nitrogen and oxygen atoms in total. The Labute approximate surface area is 143 Å². The number of hydrogen-bond acceptors (Lipinski definition) is 4. The maximum atomic E-state index is 12.3. The summed E-state index contributed by atoms with van der Waals surface area (Å²) in [7, 11) is 1.86. The quantitative estimate of drug-likeness (QED) is 0.830. The van der Waals surface area contributed by atoms with Gasteiger partial charge < -0.3 is 10.4 Å². The molecule has 0 radical (unpaired) electrons. The molecular formula is C18H27N3O3. The summed E-state index contributed by atoms with van der Waals surface area (Å²) in [6.07, 6.45) is 2.84. The number of aliphatic carboxylic acids is 1. The minimum absolute atomic E-state index is 0.00152. The van der Waals surface area contributed by atoms with E-state index in [9.17, 15) is 9.59 Å². The van der Waals surface area contributed by atoms with Crippen molar-refractivity contribution in [3.05, 3.63) is 29.8 Å². The molecule has 1 aromatic rings. The topological polar surface area (TPSA) is 72.9 Å². The van der Waals surface area contributed by atoms with Crippen LogP contribution in [-0.2, 0) is 9.59 Å². The first-order chi connectivity index (χ1) is 11.5. The van der Waals surface area contributed by atoms with Gasteiger partial charge in [0.25, 0.3) is 0 Å². The van der Waals surface area contributed by atoms with Crippen molar-refractivity contribution >= 4 is 17.6 Å². The molecule has 0 aromatic heterocycles. The summed E-state index contributed by atoms with van der Waals surface area (Å²) in [6, 6.07) is 8.02. The van der Waals surface area contributed by atoms with Crippen molar-refractivity contribution in [3.63, 3.8) is 0 Å². The van der Waals surface area contributed by atoms with Gasteiger partial charge in [0, 0.05) is 18.3 Å². The fourth-order valence-corrected chi connectivity index (χ4v) is 3.19. The highest BCUT2D eigenvalue weighted by Gasteiger charge is 2.22. The molecule has 0 aliphatic carbocycles. The molecule has 1 amide bonds. The number of rotatable bonds is 6. The van der Waals surface area contributed by atoms with Gasteiger partial charge in [0.2, 0.25) is 5.91 Å². The lowest BCUT2D eigenvalue weighted by Crippen LogP contribution is -2.37. The van der Waals surface area contributed by atoms with Crippen LogP contribution in [0.2, 0.25) is 0 Å². The standard InChI is InChI=1S/C18H27N3O3/c1-14-6-3-4-8-16(14)19-17(22)12-21-10-5-7-15(9-11-21)20(2)13-18(23)24/h3-4,6,8,15H,5,7,9-13H2,1-2H3,(H,19,22)(H,23,24). The number of likely N-dealkylation sites (N-methyl/N-ethyl adjacent to an activating group) is 1. The predicted octanol–water partition coefficient (Wildman–Crippen LogP) is 1.80. The number of nitrogens with one attached hydrogen (secondary N) is 1. The van der Waals surface area contributed by atoms with Crippen LogP contribution in [0, 0.1) is 6.92 Å². The lowest BCUT2D eigenvalue weighted by atomic mass is 10.1. The zero-order valence-electron chi connectivity index (χ0n) is 14.5. The summed E-state index contributed by atoms with van der Waals surface area (Å²) < 4.78 is 0. The predicted molar refractivity (Wildman–Crippen MR) is 94.2 cm³/mol. The smallest absolute Gasteiger partial charge is 0.317 e. The number of carbonyl (C=O) groups excluding carboxylic acids is 1. The highest BCUT2D eigenvalue weighted by molar-refractivity contribution is 5.92. The largest absolute Gasteiger partial charge is 0.480 e. The van der Waals surface area contributed by atoms with Crippen LogP contribution in [0.4, 0.5) is 5.69 Å². The van der Waals surface area contributed by atoms with Crippen molar-refractivity contribution in [3.8, 4) is 0 Å². The molecule has 1 heterocycles. The van der Waals surface area contributed by atoms with E-state index in [1.54, 1.807) is 0 Å². The molecule has 1 aliphatic heterocycles. The van der Waals surface area contributed by atoms with Crippen LogP contribution >= 0.6 is 0 Å². The Morgan fingerprint density at radius 2 is 2.04 bits per heavy atom. The summed E-state index contributed by atoms with van der Waals surface area (Å²) in [6.45, 7) is 4.11. The Morgan fingerprint density at radius 1 is 1.29 bits per heavy atom. The molecule has 132 valence electrons. The summed E-state index contributed by atoms with van der Waals surface area (Å²) in [5.41, 5.74) is 1.91. The van der Waals surface area contributed by atoms with Crippen molar-refractivity contribution in [2.45, 2.75) is 32.2 Å². The average molecular weight is 333 g/mol. The van der Waals surface area contributed by atoms with Crippen molar-refractivity contribution in [1.82, 2.24) is 9.80 Å². The summed E-state index contributed by atoms with van der Waals surface area (Å²) in [5, 5.41) is 11.9. The molecule has 1 aliphatic rings. The molecule has 2 N–H and O–H groups in total. The van der Waals surface area contributed by atoms with Gasteiger partial charge in [-0.15, -0.1) is 0 Å². The van der Waals surface area contributed by atoms with E-state index in [1.165, 1.54) is 0 Å². The van der Waals surface area contributed by atoms with E-state index < -0.39 is 5.97 Å². The van der Waals surface area contributed by atoms with Gasteiger partial charge in [0.1, 0.15) is 0 Å². The number of anilines is 1. The van der Waals surface area contributed by atoms with E-state index in [0.717, 1.165) is 43.6 Å². The van der Waals surface area contributed by atoms with Crippen LogP contribution < -0.4 is 5.32 Å². The van der Waals surface area contributed by atoms with Gasteiger partial charge in [-0.2, -0.15) is 0 Å². The van der Waals surface area contributed by atoms with Crippen LogP contribution in [0.25, 0.3) is 0 Å². The fourth-order valence-electron chi connectivity index (χ4n) is 3.19. The van der Waals surface area contributed by atoms with Crippen molar-refractivity contribution in [2.75, 3.05) is 38.5 Å². The average Bonchev–Trinajstić information content (AvgIpc) is 2.74. The number of likely N-dealkylation sites (tertiary alicyclic amines) is 1. The maximum absolute atomic E-state index is 12.3. The number of aryl methyl sites for hydroxylation is 1. The molecule has 1 atom stereocenters. The molecule has 24 heavy (non-hydrogen) atoms. The van der Waals surface area contributed by atoms with Gasteiger partial charge in [-0.25, -0.2) is 0 Å². The molecule has 1 aromatic carbocycles. The Hall–Kier alpha value is -1.92. The molecule has 1 unspecified atom stereocenters. The van der Waals surface area contributed by atoms with E-state index in [-0.39, 0.29) is 18.5 Å². The number of para-hydroxylation sites is 1. The summed E-state index contributed by atoms with van der Waals surface area (Å²) >= 11 is 0. The van der Waals surface area contributed by atoms with Crippen molar-refractivity contribution in [2.24, 2.45) is 0 Å². The van der Waals surface area contributed by atoms with Crippen LogP contribution in [0.3, 0.4) is 0 Å². The third-order valence-electron chi connectivity index (χ3n) is 4.58. The van der Waals surface area contributed by atoms with Crippen LogP contribution in [-0.4, -0.2) is 66.1 Å². The number of hydrogen-bond donors (Lipinski definition) is 2.